The minimum atomic E-state index is 0.126. The smallest absolute Gasteiger partial charge is 0.129 e. The average molecular weight is 251 g/mol. The molecule has 2 rings (SSSR count). The van der Waals surface area contributed by atoms with Gasteiger partial charge in [-0.1, -0.05) is 0 Å². The summed E-state index contributed by atoms with van der Waals surface area (Å²) in [7, 11) is 3.61. The zero-order valence-corrected chi connectivity index (χ0v) is 11.1. The zero-order chi connectivity index (χ0) is 12.3. The molecule has 4 heteroatoms. The van der Waals surface area contributed by atoms with Crippen LogP contribution in [0.1, 0.15) is 28.0 Å². The lowest BCUT2D eigenvalue weighted by Crippen LogP contribution is -2.16. The Labute approximate surface area is 105 Å². The van der Waals surface area contributed by atoms with E-state index in [1.807, 2.05) is 19.2 Å². The molecule has 0 bridgehead atoms. The minimum absolute atomic E-state index is 0.126. The zero-order valence-electron chi connectivity index (χ0n) is 10.3. The van der Waals surface area contributed by atoms with Crippen molar-refractivity contribution in [2.45, 2.75) is 19.6 Å². The second-order valence-electron chi connectivity index (χ2n) is 3.93. The largest absolute Gasteiger partial charge is 0.462 e. The third-order valence-corrected chi connectivity index (χ3v) is 3.79. The first-order valence-electron chi connectivity index (χ1n) is 5.55. The molecule has 0 aromatic carbocycles. The number of aryl methyl sites for hydroxylation is 1. The molecule has 2 aromatic rings. The lowest BCUT2D eigenvalue weighted by Gasteiger charge is -2.13. The van der Waals surface area contributed by atoms with Crippen LogP contribution < -0.4 is 5.32 Å². The molecule has 1 atom stereocenters. The number of rotatable bonds is 5. The van der Waals surface area contributed by atoms with E-state index in [1.165, 1.54) is 10.4 Å². The van der Waals surface area contributed by atoms with Crippen molar-refractivity contribution >= 4 is 11.3 Å². The van der Waals surface area contributed by atoms with Crippen LogP contribution in [0.25, 0.3) is 0 Å². The van der Waals surface area contributed by atoms with Crippen LogP contribution >= 0.6 is 11.3 Å². The molecule has 0 aliphatic rings. The van der Waals surface area contributed by atoms with Crippen LogP contribution in [0.15, 0.2) is 28.0 Å². The first-order chi connectivity index (χ1) is 8.26. The summed E-state index contributed by atoms with van der Waals surface area (Å²) < 4.78 is 10.8. The SMILES string of the molecule is CNC(c1ccc(COC)o1)c1sccc1C. The van der Waals surface area contributed by atoms with Gasteiger partial charge in [-0.2, -0.15) is 0 Å². The van der Waals surface area contributed by atoms with Crippen LogP contribution in [0.4, 0.5) is 0 Å². The molecule has 17 heavy (non-hydrogen) atoms. The van der Waals surface area contributed by atoms with Gasteiger partial charge in [0.2, 0.25) is 0 Å². The van der Waals surface area contributed by atoms with Crippen molar-refractivity contribution in [3.8, 4) is 0 Å². The fraction of sp³-hybridized carbons (Fsp3) is 0.385. The van der Waals surface area contributed by atoms with E-state index < -0.39 is 0 Å². The van der Waals surface area contributed by atoms with E-state index in [1.54, 1.807) is 18.4 Å². The Morgan fingerprint density at radius 2 is 2.24 bits per heavy atom. The van der Waals surface area contributed by atoms with Gasteiger partial charge in [0, 0.05) is 12.0 Å². The van der Waals surface area contributed by atoms with Gasteiger partial charge in [-0.05, 0) is 43.1 Å². The molecular formula is C13H17NO2S. The molecule has 0 radical (unpaired) electrons. The molecule has 92 valence electrons. The predicted molar refractivity (Wildman–Crippen MR) is 69.4 cm³/mol. The van der Waals surface area contributed by atoms with Crippen LogP contribution in [0.5, 0.6) is 0 Å². The predicted octanol–water partition coefficient (Wildman–Crippen LogP) is 3.10. The molecular weight excluding hydrogens is 234 g/mol. The highest BCUT2D eigenvalue weighted by atomic mass is 32.1. The normalized spacial score (nSPS) is 12.9. The number of furan rings is 1. The van der Waals surface area contributed by atoms with Gasteiger partial charge in [-0.15, -0.1) is 11.3 Å². The van der Waals surface area contributed by atoms with Crippen LogP contribution in [-0.2, 0) is 11.3 Å². The second kappa shape index (κ2) is 5.49. The van der Waals surface area contributed by atoms with E-state index in [-0.39, 0.29) is 6.04 Å². The minimum Gasteiger partial charge on any atom is -0.462 e. The van der Waals surface area contributed by atoms with E-state index in [9.17, 15) is 0 Å². The lowest BCUT2D eigenvalue weighted by atomic mass is 10.1. The molecule has 0 aliphatic heterocycles. The monoisotopic (exact) mass is 251 g/mol. The van der Waals surface area contributed by atoms with E-state index in [2.05, 4.69) is 23.7 Å². The summed E-state index contributed by atoms with van der Waals surface area (Å²) in [6.07, 6.45) is 0. The summed E-state index contributed by atoms with van der Waals surface area (Å²) in [4.78, 5) is 1.30. The summed E-state index contributed by atoms with van der Waals surface area (Å²) in [6, 6.07) is 6.23. The maximum atomic E-state index is 5.78. The van der Waals surface area contributed by atoms with Crippen LogP contribution in [0.3, 0.4) is 0 Å². The Balaban J connectivity index is 2.26. The van der Waals surface area contributed by atoms with E-state index in [0.717, 1.165) is 11.5 Å². The number of hydrogen-bond donors (Lipinski definition) is 1. The highest BCUT2D eigenvalue weighted by Gasteiger charge is 2.18. The van der Waals surface area contributed by atoms with Gasteiger partial charge in [-0.25, -0.2) is 0 Å². The van der Waals surface area contributed by atoms with Gasteiger partial charge in [0.15, 0.2) is 0 Å². The van der Waals surface area contributed by atoms with Crippen molar-refractivity contribution in [3.63, 3.8) is 0 Å². The van der Waals surface area contributed by atoms with Crippen LogP contribution in [-0.4, -0.2) is 14.2 Å². The molecule has 1 N–H and O–H groups in total. The summed E-state index contributed by atoms with van der Waals surface area (Å²) in [5, 5.41) is 5.40. The Bertz CT molecular complexity index is 475. The van der Waals surface area contributed by atoms with Crippen molar-refractivity contribution in [3.05, 3.63) is 45.5 Å². The highest BCUT2D eigenvalue weighted by Crippen LogP contribution is 2.30. The summed E-state index contributed by atoms with van der Waals surface area (Å²) in [6.45, 7) is 2.63. The maximum absolute atomic E-state index is 5.78. The number of hydrogen-bond acceptors (Lipinski definition) is 4. The molecule has 0 saturated carbocycles. The molecule has 3 nitrogen and oxygen atoms in total. The average Bonchev–Trinajstić information content (AvgIpc) is 2.92. The topological polar surface area (TPSA) is 34.4 Å². The molecule has 2 heterocycles. The van der Waals surface area contributed by atoms with E-state index >= 15 is 0 Å². The molecule has 0 amide bonds. The van der Waals surface area contributed by atoms with E-state index in [0.29, 0.717) is 6.61 Å². The quantitative estimate of drug-likeness (QED) is 0.886. The highest BCUT2D eigenvalue weighted by molar-refractivity contribution is 7.10. The van der Waals surface area contributed by atoms with Gasteiger partial charge in [0.1, 0.15) is 24.2 Å². The molecule has 0 saturated heterocycles. The first-order valence-corrected chi connectivity index (χ1v) is 6.43. The third-order valence-electron chi connectivity index (χ3n) is 2.71. The summed E-state index contributed by atoms with van der Waals surface area (Å²) in [5.74, 6) is 1.79. The van der Waals surface area contributed by atoms with Gasteiger partial charge in [-0.3, -0.25) is 0 Å². The van der Waals surface area contributed by atoms with Crippen molar-refractivity contribution in [2.24, 2.45) is 0 Å². The van der Waals surface area contributed by atoms with Gasteiger partial charge >= 0.3 is 0 Å². The van der Waals surface area contributed by atoms with E-state index in [4.69, 9.17) is 9.15 Å². The number of methoxy groups -OCH3 is 1. The van der Waals surface area contributed by atoms with Crippen LogP contribution in [0, 0.1) is 6.92 Å². The molecule has 2 aromatic heterocycles. The number of thiophene rings is 1. The fourth-order valence-electron chi connectivity index (χ4n) is 1.85. The summed E-state index contributed by atoms with van der Waals surface area (Å²) >= 11 is 1.75. The second-order valence-corrected chi connectivity index (χ2v) is 4.87. The fourth-order valence-corrected chi connectivity index (χ4v) is 2.90. The lowest BCUT2D eigenvalue weighted by molar-refractivity contribution is 0.162. The third kappa shape index (κ3) is 2.60. The Morgan fingerprint density at radius 1 is 1.41 bits per heavy atom. The van der Waals surface area contributed by atoms with Crippen molar-refractivity contribution in [2.75, 3.05) is 14.2 Å². The molecule has 0 aliphatic carbocycles. The Morgan fingerprint density at radius 3 is 2.82 bits per heavy atom. The Kier molecular flexibility index (Phi) is 3.99. The van der Waals surface area contributed by atoms with Crippen molar-refractivity contribution < 1.29 is 9.15 Å². The van der Waals surface area contributed by atoms with Crippen molar-refractivity contribution in [1.82, 2.24) is 5.32 Å². The molecule has 1 unspecified atom stereocenters. The standard InChI is InChI=1S/C13H17NO2S/c1-9-6-7-17-13(9)12(14-2)11-5-4-10(16-11)8-15-3/h4-7,12,14H,8H2,1-3H3. The van der Waals surface area contributed by atoms with Crippen LogP contribution in [0.2, 0.25) is 0 Å². The molecule has 0 spiro atoms. The van der Waals surface area contributed by atoms with Gasteiger partial charge < -0.3 is 14.5 Å². The van der Waals surface area contributed by atoms with Crippen molar-refractivity contribution in [1.29, 1.82) is 0 Å². The first kappa shape index (κ1) is 12.4. The number of nitrogens with one attached hydrogen (secondary N) is 1. The number of ether oxygens (including phenoxy) is 1. The Hall–Kier alpha value is -1.10. The summed E-state index contributed by atoms with van der Waals surface area (Å²) in [5.41, 5.74) is 1.29. The van der Waals surface area contributed by atoms with Gasteiger partial charge in [0.05, 0.1) is 0 Å². The maximum Gasteiger partial charge on any atom is 0.129 e. The van der Waals surface area contributed by atoms with Gasteiger partial charge in [0.25, 0.3) is 0 Å². The molecule has 0 fully saturated rings.